The quantitative estimate of drug-likeness (QED) is 0.138. The summed E-state index contributed by atoms with van der Waals surface area (Å²) >= 11 is 0. The van der Waals surface area contributed by atoms with E-state index in [0.717, 1.165) is 11.1 Å². The number of hydrogen-bond acceptors (Lipinski definition) is 6. The molecule has 1 aliphatic heterocycles. The molecule has 1 saturated heterocycles. The number of carboxylic acid groups (broad SMARTS) is 1. The Bertz CT molecular complexity index is 1080. The molecule has 1 fully saturated rings. The van der Waals surface area contributed by atoms with Gasteiger partial charge in [-0.05, 0) is 64.2 Å². The number of aldehydes is 1. The normalized spacial score (nSPS) is 16.6. The van der Waals surface area contributed by atoms with Crippen LogP contribution < -0.4 is 16.0 Å². The van der Waals surface area contributed by atoms with Gasteiger partial charge in [-0.15, -0.1) is 0 Å². The molecule has 11 nitrogen and oxygen atoms in total. The number of hydrogen-bond donors (Lipinski definition) is 4. The van der Waals surface area contributed by atoms with Gasteiger partial charge in [0.25, 0.3) is 5.91 Å². The standard InChI is InChI=1S/C28H40N4O7.C3H8/c1-7-20(11-10-19(6)13-22(17(2)3)29-16-34)26(37)31-25(18(4)5)28(39)32-12-8-9-23(32)27(38)30-21(15-33)14-24(35)36;1-3-2/h7,10-11,13,15-16,18,21,23,25H,8-9,12,14H2,1-6H3,(H,29,34)(H,30,38)(H,31,37)(H,35,36);3H2,1-2H3/b11-10-,19-13-,20-7+;/t21?,23-,25?;/m0./s1. The smallest absolute Gasteiger partial charge is 0.305 e. The Morgan fingerprint density at radius 3 is 2.12 bits per heavy atom. The average Bonchev–Trinajstić information content (AvgIpc) is 3.41. The first-order chi connectivity index (χ1) is 19.8. The van der Waals surface area contributed by atoms with Crippen LogP contribution in [-0.4, -0.2) is 71.1 Å². The van der Waals surface area contributed by atoms with Crippen LogP contribution in [-0.2, 0) is 28.8 Å². The van der Waals surface area contributed by atoms with Crippen LogP contribution >= 0.6 is 0 Å². The fourth-order valence-corrected chi connectivity index (χ4v) is 4.01. The molecule has 4 N–H and O–H groups in total. The Balaban J connectivity index is 0.00000535. The Kier molecular flexibility index (Phi) is 18.0. The zero-order chi connectivity index (χ0) is 32.4. The summed E-state index contributed by atoms with van der Waals surface area (Å²) in [6.45, 7) is 15.3. The van der Waals surface area contributed by atoms with Crippen molar-refractivity contribution in [2.75, 3.05) is 6.54 Å². The highest BCUT2D eigenvalue weighted by atomic mass is 16.4. The first-order valence-corrected chi connectivity index (χ1v) is 14.3. The minimum Gasteiger partial charge on any atom is -0.481 e. The predicted octanol–water partition coefficient (Wildman–Crippen LogP) is 3.18. The van der Waals surface area contributed by atoms with Crippen LogP contribution in [0.5, 0.6) is 0 Å². The number of carboxylic acids is 1. The number of carbonyl (C=O) groups is 6. The van der Waals surface area contributed by atoms with Crippen molar-refractivity contribution in [2.24, 2.45) is 5.92 Å². The van der Waals surface area contributed by atoms with Crippen molar-refractivity contribution in [3.63, 3.8) is 0 Å². The lowest BCUT2D eigenvalue weighted by Crippen LogP contribution is -2.56. The molecule has 1 heterocycles. The fourth-order valence-electron chi connectivity index (χ4n) is 4.01. The first kappa shape index (κ1) is 38.0. The minimum absolute atomic E-state index is 0.293. The number of likely N-dealkylation sites (tertiary alicyclic amines) is 1. The van der Waals surface area contributed by atoms with Gasteiger partial charge in [-0.3, -0.25) is 24.0 Å². The van der Waals surface area contributed by atoms with E-state index in [2.05, 4.69) is 29.8 Å². The van der Waals surface area contributed by atoms with Gasteiger partial charge in [0.15, 0.2) is 0 Å². The molecule has 4 amide bonds. The van der Waals surface area contributed by atoms with Crippen LogP contribution in [0.4, 0.5) is 0 Å². The lowest BCUT2D eigenvalue weighted by molar-refractivity contribution is -0.143. The highest BCUT2D eigenvalue weighted by Gasteiger charge is 2.39. The lowest BCUT2D eigenvalue weighted by atomic mass is 10.0. The van der Waals surface area contributed by atoms with E-state index in [9.17, 15) is 28.8 Å². The number of nitrogens with zero attached hydrogens (tertiary/aromatic N) is 1. The largest absolute Gasteiger partial charge is 0.481 e. The first-order valence-electron chi connectivity index (χ1n) is 14.3. The maximum atomic E-state index is 13.5. The van der Waals surface area contributed by atoms with Crippen molar-refractivity contribution < 1.29 is 33.9 Å². The highest BCUT2D eigenvalue weighted by Crippen LogP contribution is 2.21. The van der Waals surface area contributed by atoms with E-state index in [-0.39, 0.29) is 5.92 Å². The Morgan fingerprint density at radius 2 is 1.64 bits per heavy atom. The maximum Gasteiger partial charge on any atom is 0.305 e. The van der Waals surface area contributed by atoms with Crippen LogP contribution in [0.25, 0.3) is 0 Å². The molecule has 1 aliphatic rings. The molecule has 0 aromatic heterocycles. The maximum absolute atomic E-state index is 13.5. The van der Waals surface area contributed by atoms with E-state index in [1.165, 1.54) is 11.3 Å². The predicted molar refractivity (Wildman–Crippen MR) is 162 cm³/mol. The molecule has 0 spiro atoms. The molecule has 0 saturated carbocycles. The molecule has 0 aromatic carbocycles. The summed E-state index contributed by atoms with van der Waals surface area (Å²) in [6.07, 6.45) is 9.26. The summed E-state index contributed by atoms with van der Waals surface area (Å²) in [7, 11) is 0. The minimum atomic E-state index is -1.23. The Morgan fingerprint density at radius 1 is 1.02 bits per heavy atom. The van der Waals surface area contributed by atoms with E-state index in [1.807, 2.05) is 20.8 Å². The van der Waals surface area contributed by atoms with E-state index >= 15 is 0 Å². The third kappa shape index (κ3) is 13.1. The molecule has 2 unspecified atom stereocenters. The van der Waals surface area contributed by atoms with Crippen molar-refractivity contribution in [3.8, 4) is 0 Å². The van der Waals surface area contributed by atoms with Gasteiger partial charge in [-0.25, -0.2) is 0 Å². The van der Waals surface area contributed by atoms with Gasteiger partial charge in [0.1, 0.15) is 18.4 Å². The van der Waals surface area contributed by atoms with Gasteiger partial charge in [-0.2, -0.15) is 0 Å². The summed E-state index contributed by atoms with van der Waals surface area (Å²) in [5.74, 6) is -3.03. The number of carbonyl (C=O) groups excluding carboxylic acids is 5. The number of rotatable bonds is 14. The Hall–Kier alpha value is -4.02. The van der Waals surface area contributed by atoms with Crippen LogP contribution in [0, 0.1) is 5.92 Å². The topological polar surface area (TPSA) is 162 Å². The van der Waals surface area contributed by atoms with Crippen LogP contribution in [0.1, 0.15) is 81.1 Å². The molecule has 3 atom stereocenters. The summed E-state index contributed by atoms with van der Waals surface area (Å²) in [5.41, 5.74) is 2.67. The van der Waals surface area contributed by atoms with Crippen LogP contribution in [0.15, 0.2) is 46.7 Å². The van der Waals surface area contributed by atoms with Gasteiger partial charge in [0.2, 0.25) is 18.2 Å². The third-order valence-electron chi connectivity index (χ3n) is 6.17. The van der Waals surface area contributed by atoms with Gasteiger partial charge in [0.05, 0.1) is 12.5 Å². The van der Waals surface area contributed by atoms with Gasteiger partial charge >= 0.3 is 5.97 Å². The molecule has 234 valence electrons. The summed E-state index contributed by atoms with van der Waals surface area (Å²) < 4.78 is 0. The second-order valence-electron chi connectivity index (χ2n) is 10.6. The zero-order valence-corrected chi connectivity index (χ0v) is 26.2. The fraction of sp³-hybridized carbons (Fsp3) is 0.548. The number of amides is 4. The monoisotopic (exact) mass is 588 g/mol. The molecular weight excluding hydrogens is 540 g/mol. The SMILES string of the molecule is CCC.C\C=C(/C=C\C(C)=C/C(NC=O)=C(C)C)C(=O)NC(C(=O)N1CCC[C@H]1C(=O)NC(C=O)CC(=O)O)C(C)C. The van der Waals surface area contributed by atoms with Crippen molar-refractivity contribution in [1.29, 1.82) is 0 Å². The molecule has 11 heteroatoms. The Labute approximate surface area is 249 Å². The zero-order valence-electron chi connectivity index (χ0n) is 26.2. The lowest BCUT2D eigenvalue weighted by Gasteiger charge is -2.31. The second-order valence-corrected chi connectivity index (χ2v) is 10.6. The second kappa shape index (κ2) is 20.0. The van der Waals surface area contributed by atoms with Crippen LogP contribution in [0.2, 0.25) is 0 Å². The summed E-state index contributed by atoms with van der Waals surface area (Å²) in [5, 5.41) is 16.7. The molecule has 0 aliphatic carbocycles. The molecule has 0 aromatic rings. The van der Waals surface area contributed by atoms with Crippen LogP contribution in [0.3, 0.4) is 0 Å². The van der Waals surface area contributed by atoms with Gasteiger partial charge in [0, 0.05) is 17.8 Å². The van der Waals surface area contributed by atoms with E-state index in [1.54, 1.807) is 45.1 Å². The molecule has 0 bridgehead atoms. The molecule has 0 radical (unpaired) electrons. The number of nitrogens with one attached hydrogen (secondary N) is 3. The molecular formula is C31H48N4O7. The third-order valence-corrected chi connectivity index (χ3v) is 6.17. The number of allylic oxidation sites excluding steroid dienone is 5. The van der Waals surface area contributed by atoms with E-state index in [0.29, 0.717) is 43.4 Å². The summed E-state index contributed by atoms with van der Waals surface area (Å²) in [4.78, 5) is 73.7. The molecule has 42 heavy (non-hydrogen) atoms. The van der Waals surface area contributed by atoms with Crippen molar-refractivity contribution in [3.05, 3.63) is 46.7 Å². The van der Waals surface area contributed by atoms with Gasteiger partial charge < -0.3 is 30.8 Å². The molecule has 1 rings (SSSR count). The average molecular weight is 589 g/mol. The van der Waals surface area contributed by atoms with Crippen molar-refractivity contribution in [2.45, 2.75) is 99.2 Å². The number of aliphatic carboxylic acids is 1. The van der Waals surface area contributed by atoms with Gasteiger partial charge in [-0.1, -0.05) is 51.8 Å². The van der Waals surface area contributed by atoms with Crippen molar-refractivity contribution in [1.82, 2.24) is 20.9 Å². The van der Waals surface area contributed by atoms with E-state index < -0.39 is 48.2 Å². The van der Waals surface area contributed by atoms with Crippen molar-refractivity contribution >= 4 is 36.4 Å². The van der Waals surface area contributed by atoms with E-state index in [4.69, 9.17) is 5.11 Å². The summed E-state index contributed by atoms with van der Waals surface area (Å²) in [6, 6.07) is -2.98. The highest BCUT2D eigenvalue weighted by molar-refractivity contribution is 6.00.